The van der Waals surface area contributed by atoms with Crippen molar-refractivity contribution in [2.24, 2.45) is 7.05 Å². The third-order valence-corrected chi connectivity index (χ3v) is 6.29. The Kier molecular flexibility index (Phi) is 5.71. The number of nitrogens with one attached hydrogen (secondary N) is 1. The van der Waals surface area contributed by atoms with Crippen molar-refractivity contribution in [1.82, 2.24) is 18.7 Å². The number of hydrogen-bond acceptors (Lipinski definition) is 5. The lowest BCUT2D eigenvalue weighted by Crippen LogP contribution is -2.37. The molecule has 0 saturated carbocycles. The summed E-state index contributed by atoms with van der Waals surface area (Å²) in [6.07, 6.45) is 2.38. The second-order valence-corrected chi connectivity index (χ2v) is 9.19. The molecule has 1 aliphatic rings. The van der Waals surface area contributed by atoms with Gasteiger partial charge in [0, 0.05) is 31.7 Å². The third kappa shape index (κ3) is 4.50. The van der Waals surface area contributed by atoms with E-state index in [0.29, 0.717) is 37.4 Å². The van der Waals surface area contributed by atoms with Crippen molar-refractivity contribution >= 4 is 21.6 Å². The first-order chi connectivity index (χ1) is 13.1. The molecule has 9 nitrogen and oxygen atoms in total. The summed E-state index contributed by atoms with van der Waals surface area (Å²) in [4.78, 5) is 24.7. The summed E-state index contributed by atoms with van der Waals surface area (Å²) in [7, 11) is -1.58. The number of amides is 1. The Labute approximate surface area is 164 Å². The van der Waals surface area contributed by atoms with E-state index in [-0.39, 0.29) is 24.1 Å². The molecule has 0 radical (unpaired) electrons. The van der Waals surface area contributed by atoms with Crippen LogP contribution >= 0.6 is 0 Å². The Hall–Kier alpha value is -2.46. The second kappa shape index (κ2) is 7.88. The normalized spacial score (nSPS) is 16.2. The van der Waals surface area contributed by atoms with Crippen LogP contribution in [0.2, 0.25) is 0 Å². The van der Waals surface area contributed by atoms with Gasteiger partial charge in [-0.3, -0.25) is 9.36 Å². The highest BCUT2D eigenvalue weighted by atomic mass is 32.2. The summed E-state index contributed by atoms with van der Waals surface area (Å²) in [6.45, 7) is 2.58. The molecule has 2 aromatic rings. The minimum Gasteiger partial charge on any atom is -0.324 e. The number of sulfonamides is 1. The van der Waals surface area contributed by atoms with Gasteiger partial charge < -0.3 is 5.32 Å². The largest absolute Gasteiger partial charge is 0.346 e. The maximum atomic E-state index is 12.5. The average molecular weight is 407 g/mol. The van der Waals surface area contributed by atoms with Crippen molar-refractivity contribution in [1.29, 1.82) is 0 Å². The van der Waals surface area contributed by atoms with Gasteiger partial charge in [-0.05, 0) is 31.9 Å². The number of nitrogens with zero attached hydrogens (tertiary/aromatic N) is 4. The molecule has 1 fully saturated rings. The Morgan fingerprint density at radius 1 is 1.21 bits per heavy atom. The van der Waals surface area contributed by atoms with Gasteiger partial charge in [-0.1, -0.05) is 17.7 Å². The third-order valence-electron chi connectivity index (χ3n) is 4.99. The molecule has 0 unspecified atom stereocenters. The second-order valence-electron chi connectivity index (χ2n) is 7.21. The van der Waals surface area contributed by atoms with Gasteiger partial charge in [-0.15, -0.1) is 0 Å². The fourth-order valence-electron chi connectivity index (χ4n) is 3.38. The van der Waals surface area contributed by atoms with Crippen molar-refractivity contribution in [2.75, 3.05) is 24.7 Å². The molecule has 0 bridgehead atoms. The number of carbonyl (C=O) groups excluding carboxylic acids is 1. The van der Waals surface area contributed by atoms with Crippen molar-refractivity contribution in [2.45, 2.75) is 32.2 Å². The Bertz CT molecular complexity index is 1020. The minimum absolute atomic E-state index is 0.0166. The summed E-state index contributed by atoms with van der Waals surface area (Å²) >= 11 is 0. The van der Waals surface area contributed by atoms with E-state index in [0.717, 1.165) is 10.2 Å². The van der Waals surface area contributed by atoms with E-state index < -0.39 is 10.0 Å². The van der Waals surface area contributed by atoms with Crippen molar-refractivity contribution in [3.05, 3.63) is 46.1 Å². The maximum absolute atomic E-state index is 12.5. The van der Waals surface area contributed by atoms with Crippen molar-refractivity contribution in [3.8, 4) is 0 Å². The standard InChI is InChI=1S/C18H25N5O4S/c1-13-4-6-15(7-5-13)19-16(24)12-23-18(25)21(2)17(20-23)14-8-10-22(11-9-14)28(3,26)27/h4-7,14H,8-12H2,1-3H3,(H,19,24). The van der Waals surface area contributed by atoms with Gasteiger partial charge in [0.1, 0.15) is 12.4 Å². The predicted molar refractivity (Wildman–Crippen MR) is 106 cm³/mol. The van der Waals surface area contributed by atoms with E-state index >= 15 is 0 Å². The summed E-state index contributed by atoms with van der Waals surface area (Å²) < 4.78 is 27.3. The summed E-state index contributed by atoms with van der Waals surface area (Å²) in [6, 6.07) is 7.39. The number of hydrogen-bond donors (Lipinski definition) is 1. The highest BCUT2D eigenvalue weighted by Crippen LogP contribution is 2.26. The maximum Gasteiger partial charge on any atom is 0.346 e. The lowest BCUT2D eigenvalue weighted by molar-refractivity contribution is -0.117. The zero-order valence-electron chi connectivity index (χ0n) is 16.3. The number of piperidine rings is 1. The van der Waals surface area contributed by atoms with E-state index in [9.17, 15) is 18.0 Å². The molecule has 1 N–H and O–H groups in total. The van der Waals surface area contributed by atoms with Crippen molar-refractivity contribution in [3.63, 3.8) is 0 Å². The molecule has 10 heteroatoms. The summed E-state index contributed by atoms with van der Waals surface area (Å²) in [5, 5.41) is 7.11. The van der Waals surface area contributed by atoms with Crippen LogP contribution in [0.3, 0.4) is 0 Å². The van der Waals surface area contributed by atoms with Crippen LogP contribution in [0.25, 0.3) is 0 Å². The van der Waals surface area contributed by atoms with E-state index in [1.54, 1.807) is 19.2 Å². The molecule has 3 rings (SSSR count). The molecule has 1 aromatic heterocycles. The fraction of sp³-hybridized carbons (Fsp3) is 0.500. The van der Waals surface area contributed by atoms with Gasteiger partial charge in [0.25, 0.3) is 0 Å². The lowest BCUT2D eigenvalue weighted by atomic mass is 9.97. The molecule has 0 atom stereocenters. The average Bonchev–Trinajstić information content (AvgIpc) is 2.91. The SMILES string of the molecule is Cc1ccc(NC(=O)Cn2nc(C3CCN(S(C)(=O)=O)CC3)n(C)c2=O)cc1. The molecule has 0 spiro atoms. The Balaban J connectivity index is 1.68. The monoisotopic (exact) mass is 407 g/mol. The molecule has 1 aliphatic heterocycles. The smallest absolute Gasteiger partial charge is 0.324 e. The van der Waals surface area contributed by atoms with Crippen LogP contribution in [0.1, 0.15) is 30.1 Å². The molecule has 1 aromatic carbocycles. The van der Waals surface area contributed by atoms with Gasteiger partial charge in [-0.2, -0.15) is 5.10 Å². The fourth-order valence-corrected chi connectivity index (χ4v) is 4.26. The highest BCUT2D eigenvalue weighted by Gasteiger charge is 2.29. The van der Waals surface area contributed by atoms with Crippen LogP contribution in [0.15, 0.2) is 29.1 Å². The van der Waals surface area contributed by atoms with Crippen LogP contribution in [0.4, 0.5) is 5.69 Å². The minimum atomic E-state index is -3.21. The van der Waals surface area contributed by atoms with Gasteiger partial charge in [0.05, 0.1) is 6.26 Å². The molecular formula is C18H25N5O4S. The number of anilines is 1. The molecule has 28 heavy (non-hydrogen) atoms. The topological polar surface area (TPSA) is 106 Å². The zero-order valence-corrected chi connectivity index (χ0v) is 17.1. The van der Waals surface area contributed by atoms with E-state index in [1.807, 2.05) is 19.1 Å². The Morgan fingerprint density at radius 2 is 1.82 bits per heavy atom. The number of aryl methyl sites for hydroxylation is 1. The Morgan fingerprint density at radius 3 is 2.39 bits per heavy atom. The van der Waals surface area contributed by atoms with E-state index in [2.05, 4.69) is 10.4 Å². The molecule has 0 aliphatic carbocycles. The van der Waals surface area contributed by atoms with Crippen molar-refractivity contribution < 1.29 is 13.2 Å². The molecule has 152 valence electrons. The first-order valence-electron chi connectivity index (χ1n) is 9.10. The number of rotatable bonds is 5. The number of carbonyl (C=O) groups is 1. The van der Waals surface area contributed by atoms with E-state index in [1.165, 1.54) is 15.1 Å². The van der Waals surface area contributed by atoms with E-state index in [4.69, 9.17) is 0 Å². The van der Waals surface area contributed by atoms with Crippen LogP contribution in [-0.4, -0.2) is 52.3 Å². The molecule has 2 heterocycles. The summed E-state index contributed by atoms with van der Waals surface area (Å²) in [5.74, 6) is 0.237. The van der Waals surface area contributed by atoms with Gasteiger partial charge in [0.15, 0.2) is 0 Å². The van der Waals surface area contributed by atoms with Gasteiger partial charge >= 0.3 is 5.69 Å². The molecule has 1 amide bonds. The number of benzene rings is 1. The predicted octanol–water partition coefficient (Wildman–Crippen LogP) is 0.668. The first kappa shape index (κ1) is 20.3. The molecular weight excluding hydrogens is 382 g/mol. The zero-order chi connectivity index (χ0) is 20.5. The van der Waals surface area contributed by atoms with Gasteiger partial charge in [0.2, 0.25) is 15.9 Å². The number of aromatic nitrogens is 3. The van der Waals surface area contributed by atoms with Crippen LogP contribution in [0, 0.1) is 6.92 Å². The summed E-state index contributed by atoms with van der Waals surface area (Å²) in [5.41, 5.74) is 1.39. The van der Waals surface area contributed by atoms with Crippen LogP contribution in [-0.2, 0) is 28.4 Å². The highest BCUT2D eigenvalue weighted by molar-refractivity contribution is 7.88. The van der Waals surface area contributed by atoms with Gasteiger partial charge in [-0.25, -0.2) is 22.2 Å². The van der Waals surface area contributed by atoms with Crippen LogP contribution < -0.4 is 11.0 Å². The first-order valence-corrected chi connectivity index (χ1v) is 11.0. The lowest BCUT2D eigenvalue weighted by Gasteiger charge is -2.29. The quantitative estimate of drug-likeness (QED) is 0.784. The van der Waals surface area contributed by atoms with Crippen LogP contribution in [0.5, 0.6) is 0 Å². The molecule has 1 saturated heterocycles.